The summed E-state index contributed by atoms with van der Waals surface area (Å²) < 4.78 is 68.5. The lowest BCUT2D eigenvalue weighted by molar-refractivity contribution is -0.161. The average molecular weight is 1400 g/mol. The summed E-state index contributed by atoms with van der Waals surface area (Å²) in [6.07, 6.45) is 67.8. The molecule has 0 bridgehead atoms. The van der Waals surface area contributed by atoms with Crippen molar-refractivity contribution in [3.05, 3.63) is 60.8 Å². The second kappa shape index (κ2) is 70.2. The van der Waals surface area contributed by atoms with Crippen molar-refractivity contribution in [1.82, 2.24) is 0 Å². The molecule has 0 radical (unpaired) electrons. The Morgan fingerprint density at radius 1 is 0.302 bits per heavy atom. The van der Waals surface area contributed by atoms with Gasteiger partial charge in [-0.1, -0.05) is 275 Å². The van der Waals surface area contributed by atoms with E-state index in [4.69, 9.17) is 37.0 Å². The van der Waals surface area contributed by atoms with Gasteiger partial charge in [0.2, 0.25) is 0 Å². The number of aliphatic hydroxyl groups excluding tert-OH is 1. The minimum absolute atomic E-state index is 0.0861. The highest BCUT2D eigenvalue weighted by Gasteiger charge is 2.30. The highest BCUT2D eigenvalue weighted by molar-refractivity contribution is 7.47. The third-order valence-corrected chi connectivity index (χ3v) is 18.4. The van der Waals surface area contributed by atoms with E-state index in [1.54, 1.807) is 0 Å². The molecule has 0 aliphatic rings. The first-order valence-electron chi connectivity index (χ1n) is 38.5. The van der Waals surface area contributed by atoms with Gasteiger partial charge in [-0.2, -0.15) is 0 Å². The first-order chi connectivity index (χ1) is 46.7. The van der Waals surface area contributed by atoms with Gasteiger partial charge in [-0.25, -0.2) is 9.13 Å². The van der Waals surface area contributed by atoms with Gasteiger partial charge in [0, 0.05) is 25.7 Å². The minimum atomic E-state index is -4.97. The van der Waals surface area contributed by atoms with Gasteiger partial charge in [0.05, 0.1) is 26.4 Å². The lowest BCUT2D eigenvalue weighted by atomic mass is 10.0. The Kier molecular flexibility index (Phi) is 67.8. The molecule has 19 heteroatoms. The van der Waals surface area contributed by atoms with Crippen LogP contribution < -0.4 is 0 Å². The Hall–Kier alpha value is -3.24. The lowest BCUT2D eigenvalue weighted by Crippen LogP contribution is -2.30. The van der Waals surface area contributed by atoms with Crippen LogP contribution >= 0.6 is 15.6 Å². The largest absolute Gasteiger partial charge is 0.472 e. The molecule has 0 heterocycles. The molecule has 0 rings (SSSR count). The Bertz CT molecular complexity index is 2060. The minimum Gasteiger partial charge on any atom is -0.462 e. The van der Waals surface area contributed by atoms with Crippen molar-refractivity contribution in [1.29, 1.82) is 0 Å². The highest BCUT2D eigenvalue weighted by Crippen LogP contribution is 2.45. The van der Waals surface area contributed by atoms with E-state index in [-0.39, 0.29) is 25.7 Å². The fraction of sp³-hybridized carbons (Fsp3) is 0.818. The van der Waals surface area contributed by atoms with Crippen molar-refractivity contribution in [3.63, 3.8) is 0 Å². The second-order valence-electron chi connectivity index (χ2n) is 25.9. The molecular formula is C77H140O17P2. The number of phosphoric acid groups is 2. The van der Waals surface area contributed by atoms with Crippen molar-refractivity contribution >= 4 is 39.5 Å². The van der Waals surface area contributed by atoms with E-state index in [9.17, 15) is 43.2 Å². The van der Waals surface area contributed by atoms with Crippen LogP contribution in [0.1, 0.15) is 349 Å². The van der Waals surface area contributed by atoms with Crippen LogP contribution in [0.2, 0.25) is 0 Å². The van der Waals surface area contributed by atoms with E-state index in [2.05, 4.69) is 88.5 Å². The number of rotatable bonds is 73. The van der Waals surface area contributed by atoms with Crippen LogP contribution in [0.15, 0.2) is 60.8 Å². The van der Waals surface area contributed by atoms with E-state index in [0.717, 1.165) is 167 Å². The zero-order chi connectivity index (χ0) is 70.4. The van der Waals surface area contributed by atoms with Crippen LogP contribution in [0.25, 0.3) is 0 Å². The Morgan fingerprint density at radius 3 is 0.854 bits per heavy atom. The van der Waals surface area contributed by atoms with Crippen LogP contribution in [-0.2, 0) is 65.4 Å². The van der Waals surface area contributed by atoms with E-state index in [1.165, 1.54) is 103 Å². The Balaban J connectivity index is 5.31. The topological polar surface area (TPSA) is 237 Å². The third-order valence-electron chi connectivity index (χ3n) is 16.5. The zero-order valence-electron chi connectivity index (χ0n) is 61.1. The first kappa shape index (κ1) is 92.8. The molecule has 0 aromatic carbocycles. The van der Waals surface area contributed by atoms with Crippen molar-refractivity contribution in [2.75, 3.05) is 39.6 Å². The molecule has 96 heavy (non-hydrogen) atoms. The molecule has 0 aliphatic heterocycles. The number of ether oxygens (including phenoxy) is 4. The number of esters is 4. The molecule has 0 spiro atoms. The SMILES string of the molecule is CC/C=C\C/C=C\C/C=C\CCCCCCCCCC(=O)OCC(COP(=O)(O)OCC(O)COP(=O)(O)OCC(COC(=O)CCCCCCC/C=C\CCCCCC)OC(=O)CCCCCCCCCCCCCCC)OC(=O)CCCCCCC/C=C\CCCCCC. The quantitative estimate of drug-likeness (QED) is 0.0169. The summed E-state index contributed by atoms with van der Waals surface area (Å²) in [6.45, 7) is 4.76. The number of carbonyl (C=O) groups excluding carboxylic acids is 4. The van der Waals surface area contributed by atoms with E-state index >= 15 is 0 Å². The molecule has 560 valence electrons. The maximum absolute atomic E-state index is 13.1. The summed E-state index contributed by atoms with van der Waals surface area (Å²) in [5, 5.41) is 10.6. The number of hydrogen-bond donors (Lipinski definition) is 3. The number of hydrogen-bond acceptors (Lipinski definition) is 15. The molecule has 0 saturated carbocycles. The van der Waals surface area contributed by atoms with Crippen LogP contribution in [0.4, 0.5) is 0 Å². The van der Waals surface area contributed by atoms with Crippen molar-refractivity contribution in [3.8, 4) is 0 Å². The predicted octanol–water partition coefficient (Wildman–Crippen LogP) is 21.9. The van der Waals surface area contributed by atoms with Gasteiger partial charge in [0.25, 0.3) is 0 Å². The molecule has 17 nitrogen and oxygen atoms in total. The second-order valence-corrected chi connectivity index (χ2v) is 28.8. The number of aliphatic hydroxyl groups is 1. The Labute approximate surface area is 584 Å². The first-order valence-corrected chi connectivity index (χ1v) is 41.5. The third kappa shape index (κ3) is 69.2. The van der Waals surface area contributed by atoms with Crippen LogP contribution in [-0.4, -0.2) is 96.7 Å². The van der Waals surface area contributed by atoms with Crippen molar-refractivity contribution < 1.29 is 80.2 Å². The smallest absolute Gasteiger partial charge is 0.462 e. The number of unbranched alkanes of at least 4 members (excludes halogenated alkanes) is 37. The van der Waals surface area contributed by atoms with Gasteiger partial charge < -0.3 is 33.8 Å². The normalized spacial score (nSPS) is 14.3. The van der Waals surface area contributed by atoms with Gasteiger partial charge in [-0.05, 0) is 109 Å². The van der Waals surface area contributed by atoms with Crippen molar-refractivity contribution in [2.45, 2.75) is 367 Å². The van der Waals surface area contributed by atoms with Crippen LogP contribution in [0, 0.1) is 0 Å². The summed E-state index contributed by atoms with van der Waals surface area (Å²) in [7, 11) is -9.94. The molecule has 0 aliphatic carbocycles. The maximum Gasteiger partial charge on any atom is 0.472 e. The highest BCUT2D eigenvalue weighted by atomic mass is 31.2. The molecule has 0 saturated heterocycles. The van der Waals surface area contributed by atoms with E-state index < -0.39 is 97.5 Å². The number of phosphoric ester groups is 2. The summed E-state index contributed by atoms with van der Waals surface area (Å²) in [5.74, 6) is -2.17. The molecule has 5 atom stereocenters. The average Bonchev–Trinajstić information content (AvgIpc) is 3.12. The van der Waals surface area contributed by atoms with Gasteiger partial charge in [0.1, 0.15) is 19.3 Å². The maximum atomic E-state index is 13.1. The fourth-order valence-corrected chi connectivity index (χ4v) is 12.2. The summed E-state index contributed by atoms with van der Waals surface area (Å²) in [5.41, 5.74) is 0. The molecule has 3 N–H and O–H groups in total. The van der Waals surface area contributed by atoms with E-state index in [0.29, 0.717) is 25.7 Å². The summed E-state index contributed by atoms with van der Waals surface area (Å²) in [6, 6.07) is 0. The van der Waals surface area contributed by atoms with Crippen LogP contribution in [0.3, 0.4) is 0 Å². The monoisotopic (exact) mass is 1400 g/mol. The fourth-order valence-electron chi connectivity index (χ4n) is 10.6. The zero-order valence-corrected chi connectivity index (χ0v) is 62.8. The molecule has 0 fully saturated rings. The standard InChI is InChI=1S/C77H140O17P2/c1-5-9-13-17-21-25-29-33-34-35-36-40-42-46-50-54-58-62-75(80)88-68-73(94-77(82)64-60-56-52-48-44-39-32-28-24-20-16-12-8-4)70-92-96(85,86)90-66-71(78)65-89-95(83,84)91-69-72(93-76(81)63-59-55-51-47-43-38-31-27-23-19-15-11-7-3)67-87-74(79)61-57-53-49-45-41-37-30-26-22-18-14-10-6-2/h9,13,21,25-26,28,30,32-34,71-73,78H,5-8,10-12,14-20,22-24,27,29,31,35-70H2,1-4H3,(H,83,84)(H,85,86)/b13-9-,25-21-,30-26-,32-28-,34-33-. The van der Waals surface area contributed by atoms with E-state index in [1.807, 2.05) is 0 Å². The molecule has 0 amide bonds. The molecule has 0 aromatic rings. The van der Waals surface area contributed by atoms with Gasteiger partial charge in [-0.3, -0.25) is 37.3 Å². The van der Waals surface area contributed by atoms with Gasteiger partial charge in [-0.15, -0.1) is 0 Å². The van der Waals surface area contributed by atoms with Gasteiger partial charge in [0.15, 0.2) is 12.2 Å². The lowest BCUT2D eigenvalue weighted by Gasteiger charge is -2.21. The summed E-state index contributed by atoms with van der Waals surface area (Å²) >= 11 is 0. The number of allylic oxidation sites excluding steroid dienone is 10. The molecular weight excluding hydrogens is 1260 g/mol. The summed E-state index contributed by atoms with van der Waals surface area (Å²) in [4.78, 5) is 72.8. The van der Waals surface area contributed by atoms with Gasteiger partial charge >= 0.3 is 39.5 Å². The van der Waals surface area contributed by atoms with Crippen molar-refractivity contribution in [2.24, 2.45) is 0 Å². The molecule has 0 aromatic heterocycles. The van der Waals surface area contributed by atoms with Crippen LogP contribution in [0.5, 0.6) is 0 Å². The predicted molar refractivity (Wildman–Crippen MR) is 390 cm³/mol. The number of carbonyl (C=O) groups is 4. The Morgan fingerprint density at radius 2 is 0.542 bits per heavy atom. The molecule has 5 unspecified atom stereocenters.